The summed E-state index contributed by atoms with van der Waals surface area (Å²) < 4.78 is 0. The van der Waals surface area contributed by atoms with Gasteiger partial charge in [0, 0.05) is 12.0 Å². The summed E-state index contributed by atoms with van der Waals surface area (Å²) in [6, 6.07) is 0.882. The third-order valence-electron chi connectivity index (χ3n) is 2.04. The zero-order valence-electron chi connectivity index (χ0n) is 9.84. The van der Waals surface area contributed by atoms with E-state index < -0.39 is 29.2 Å². The molecule has 1 aromatic carbocycles. The molecule has 0 atom stereocenters. The fraction of sp³-hybridized carbons (Fsp3) is 0.273. The smallest absolute Gasteiger partial charge is 0.336 e. The lowest BCUT2D eigenvalue weighted by Gasteiger charge is -2.06. The van der Waals surface area contributed by atoms with E-state index >= 15 is 0 Å². The summed E-state index contributed by atoms with van der Waals surface area (Å²) in [5.74, 6) is -3.99. The van der Waals surface area contributed by atoms with E-state index in [0.29, 0.717) is 0 Å². The van der Waals surface area contributed by atoms with Crippen LogP contribution < -0.4 is 0 Å². The second kappa shape index (κ2) is 6.33. The zero-order chi connectivity index (χ0) is 14.5. The van der Waals surface area contributed by atoms with Crippen molar-refractivity contribution in [3.63, 3.8) is 0 Å². The molecule has 0 heterocycles. The molecule has 7 heteroatoms. The number of aromatic carboxylic acids is 1. The number of hydrogen-bond donors (Lipinski definition) is 5. The summed E-state index contributed by atoms with van der Waals surface area (Å²) in [6.07, 6.45) is 0.222. The van der Waals surface area contributed by atoms with Gasteiger partial charge in [0.15, 0.2) is 11.5 Å². The van der Waals surface area contributed by atoms with E-state index in [2.05, 4.69) is 0 Å². The monoisotopic (exact) mass is 258 g/mol. The highest BCUT2D eigenvalue weighted by molar-refractivity contribution is 5.91. The van der Waals surface area contributed by atoms with E-state index in [1.807, 2.05) is 0 Å². The maximum absolute atomic E-state index is 10.5. The predicted molar refractivity (Wildman–Crippen MR) is 61.1 cm³/mol. The Kier molecular flexibility index (Phi) is 5.47. The molecule has 100 valence electrons. The SMILES string of the molecule is CCC(=O)O.Cc1c(C(=O)O)cc(O)c(O)c1O. The van der Waals surface area contributed by atoms with Gasteiger partial charge in [0.25, 0.3) is 0 Å². The number of benzene rings is 1. The number of carbonyl (C=O) groups is 2. The molecule has 0 bridgehead atoms. The first-order chi connectivity index (χ1) is 8.22. The highest BCUT2D eigenvalue weighted by Crippen LogP contribution is 2.38. The van der Waals surface area contributed by atoms with E-state index in [9.17, 15) is 9.59 Å². The van der Waals surface area contributed by atoms with Crippen LogP contribution in [0.3, 0.4) is 0 Å². The van der Waals surface area contributed by atoms with Gasteiger partial charge in [-0.05, 0) is 13.0 Å². The number of carboxylic acid groups (broad SMARTS) is 2. The molecule has 0 saturated carbocycles. The summed E-state index contributed by atoms with van der Waals surface area (Å²) >= 11 is 0. The molecule has 0 fully saturated rings. The summed E-state index contributed by atoms with van der Waals surface area (Å²) in [4.78, 5) is 19.9. The van der Waals surface area contributed by atoms with Gasteiger partial charge in [-0.25, -0.2) is 4.79 Å². The molecule has 7 nitrogen and oxygen atoms in total. The van der Waals surface area contributed by atoms with Gasteiger partial charge in [0.2, 0.25) is 5.75 Å². The van der Waals surface area contributed by atoms with Gasteiger partial charge in [-0.1, -0.05) is 6.92 Å². The number of phenolic OH excluding ortho intramolecular Hbond substituents is 3. The maximum Gasteiger partial charge on any atom is 0.336 e. The van der Waals surface area contributed by atoms with Crippen LogP contribution in [0.15, 0.2) is 6.07 Å². The quantitative estimate of drug-likeness (QED) is 0.504. The molecule has 0 spiro atoms. The second-order valence-electron chi connectivity index (χ2n) is 3.32. The first-order valence-corrected chi connectivity index (χ1v) is 4.91. The van der Waals surface area contributed by atoms with Crippen molar-refractivity contribution in [3.8, 4) is 17.2 Å². The number of hydrogen-bond acceptors (Lipinski definition) is 5. The van der Waals surface area contributed by atoms with Gasteiger partial charge >= 0.3 is 11.9 Å². The van der Waals surface area contributed by atoms with E-state index in [0.717, 1.165) is 6.07 Å². The highest BCUT2D eigenvalue weighted by Gasteiger charge is 2.17. The molecule has 0 aliphatic rings. The van der Waals surface area contributed by atoms with Crippen molar-refractivity contribution in [2.24, 2.45) is 0 Å². The Hall–Kier alpha value is -2.44. The summed E-state index contributed by atoms with van der Waals surface area (Å²) in [7, 11) is 0. The topological polar surface area (TPSA) is 135 Å². The molecule has 0 unspecified atom stereocenters. The van der Waals surface area contributed by atoms with Crippen LogP contribution in [0.2, 0.25) is 0 Å². The Bertz CT molecular complexity index is 465. The van der Waals surface area contributed by atoms with Crippen LogP contribution in [0, 0.1) is 6.92 Å². The number of rotatable bonds is 2. The van der Waals surface area contributed by atoms with Crippen molar-refractivity contribution >= 4 is 11.9 Å². The molecule has 5 N–H and O–H groups in total. The lowest BCUT2D eigenvalue weighted by Crippen LogP contribution is -1.99. The summed E-state index contributed by atoms with van der Waals surface area (Å²) in [6.45, 7) is 2.93. The Morgan fingerprint density at radius 1 is 1.11 bits per heavy atom. The van der Waals surface area contributed by atoms with Gasteiger partial charge in [-0.2, -0.15) is 0 Å². The van der Waals surface area contributed by atoms with Crippen LogP contribution in [-0.4, -0.2) is 37.5 Å². The number of phenols is 3. The summed E-state index contributed by atoms with van der Waals surface area (Å²) in [5, 5.41) is 43.4. The molecule has 1 aromatic rings. The van der Waals surface area contributed by atoms with Gasteiger partial charge in [0.05, 0.1) is 5.56 Å². The summed E-state index contributed by atoms with van der Waals surface area (Å²) in [5.41, 5.74) is -0.226. The van der Waals surface area contributed by atoms with E-state index in [4.69, 9.17) is 25.5 Å². The Morgan fingerprint density at radius 2 is 1.56 bits per heavy atom. The molecule has 18 heavy (non-hydrogen) atoms. The van der Waals surface area contributed by atoms with Crippen molar-refractivity contribution in [2.45, 2.75) is 20.3 Å². The van der Waals surface area contributed by atoms with Crippen LogP contribution in [0.25, 0.3) is 0 Å². The maximum atomic E-state index is 10.5. The van der Waals surface area contributed by atoms with Crippen molar-refractivity contribution in [3.05, 3.63) is 17.2 Å². The number of carboxylic acids is 2. The molecule has 0 aromatic heterocycles. The average Bonchev–Trinajstić information content (AvgIpc) is 2.31. The molecule has 0 aliphatic carbocycles. The third kappa shape index (κ3) is 3.85. The van der Waals surface area contributed by atoms with Crippen molar-refractivity contribution in [2.75, 3.05) is 0 Å². The van der Waals surface area contributed by atoms with Crippen molar-refractivity contribution in [1.29, 1.82) is 0 Å². The highest BCUT2D eigenvalue weighted by atomic mass is 16.4. The third-order valence-corrected chi connectivity index (χ3v) is 2.04. The zero-order valence-corrected chi connectivity index (χ0v) is 9.84. The van der Waals surface area contributed by atoms with Gasteiger partial charge in [0.1, 0.15) is 0 Å². The first kappa shape index (κ1) is 15.6. The van der Waals surface area contributed by atoms with Gasteiger partial charge in [-0.3, -0.25) is 4.79 Å². The number of aliphatic carboxylic acids is 1. The average molecular weight is 258 g/mol. The van der Waals surface area contributed by atoms with Crippen molar-refractivity contribution in [1.82, 2.24) is 0 Å². The normalized spacial score (nSPS) is 9.22. The van der Waals surface area contributed by atoms with Crippen LogP contribution in [0.4, 0.5) is 0 Å². The Balaban J connectivity index is 0.000000494. The Morgan fingerprint density at radius 3 is 1.89 bits per heavy atom. The second-order valence-corrected chi connectivity index (χ2v) is 3.32. The molecule has 0 amide bonds. The minimum Gasteiger partial charge on any atom is -0.504 e. The molecular formula is C11H14O7. The fourth-order valence-corrected chi connectivity index (χ4v) is 0.962. The van der Waals surface area contributed by atoms with Gasteiger partial charge < -0.3 is 25.5 Å². The van der Waals surface area contributed by atoms with Crippen LogP contribution in [0.1, 0.15) is 29.3 Å². The Labute approximate surface area is 103 Å². The van der Waals surface area contributed by atoms with E-state index in [1.165, 1.54) is 6.92 Å². The predicted octanol–water partition coefficient (Wildman–Crippen LogP) is 1.29. The van der Waals surface area contributed by atoms with E-state index in [-0.39, 0.29) is 17.5 Å². The van der Waals surface area contributed by atoms with Crippen molar-refractivity contribution < 1.29 is 35.1 Å². The number of aromatic hydroxyl groups is 3. The van der Waals surface area contributed by atoms with Crippen LogP contribution in [-0.2, 0) is 4.79 Å². The standard InChI is InChI=1S/C8H8O5.C3H6O2/c1-3-4(8(12)13)2-5(9)7(11)6(3)10;1-2-3(4)5/h2,9-11H,1H3,(H,12,13);2H2,1H3,(H,4,5). The van der Waals surface area contributed by atoms with Crippen LogP contribution >= 0.6 is 0 Å². The molecular weight excluding hydrogens is 244 g/mol. The molecule has 0 radical (unpaired) electrons. The lowest BCUT2D eigenvalue weighted by molar-refractivity contribution is -0.136. The molecule has 0 saturated heterocycles. The van der Waals surface area contributed by atoms with E-state index in [1.54, 1.807) is 6.92 Å². The molecule has 1 rings (SSSR count). The van der Waals surface area contributed by atoms with Crippen LogP contribution in [0.5, 0.6) is 17.2 Å². The minimum atomic E-state index is -1.27. The minimum absolute atomic E-state index is 0.0165. The first-order valence-electron chi connectivity index (χ1n) is 4.91. The van der Waals surface area contributed by atoms with Gasteiger partial charge in [-0.15, -0.1) is 0 Å². The largest absolute Gasteiger partial charge is 0.504 e. The molecule has 0 aliphatic heterocycles. The fourth-order valence-electron chi connectivity index (χ4n) is 0.962. The lowest BCUT2D eigenvalue weighted by atomic mass is 10.1.